The van der Waals surface area contributed by atoms with Gasteiger partial charge in [-0.3, -0.25) is 4.18 Å². The van der Waals surface area contributed by atoms with E-state index in [4.69, 9.17) is 0 Å². The van der Waals surface area contributed by atoms with Gasteiger partial charge in [0.2, 0.25) is 0 Å². The molecule has 0 rings (SSSR count). The van der Waals surface area contributed by atoms with Gasteiger partial charge in [-0.1, -0.05) is 22.9 Å². The van der Waals surface area contributed by atoms with Crippen molar-refractivity contribution in [2.75, 3.05) is 0 Å². The van der Waals surface area contributed by atoms with Gasteiger partial charge >= 0.3 is 0 Å². The van der Waals surface area contributed by atoms with E-state index in [1.165, 1.54) is 0 Å². The Morgan fingerprint density at radius 3 is 2.62 bits per heavy atom. The van der Waals surface area contributed by atoms with Crippen molar-refractivity contribution in [1.29, 1.82) is 0 Å². The predicted octanol–water partition coefficient (Wildman–Crippen LogP) is 0.928. The third kappa shape index (κ3) is 4.70. The Hall–Kier alpha value is 0.550. The minimum absolute atomic E-state index is 0.374. The summed E-state index contributed by atoms with van der Waals surface area (Å²) in [6, 6.07) is 0. The van der Waals surface area contributed by atoms with Gasteiger partial charge in [-0.2, -0.15) is 0 Å². The molecule has 0 bridgehead atoms. The summed E-state index contributed by atoms with van der Waals surface area (Å²) in [7, 11) is 0. The third-order valence-corrected chi connectivity index (χ3v) is 1.98. The summed E-state index contributed by atoms with van der Waals surface area (Å²) in [5.74, 6) is 0. The topological polar surface area (TPSA) is 49.4 Å². The molecule has 0 aromatic carbocycles. The normalized spacial score (nSPS) is 17.9. The molecule has 0 aliphatic heterocycles. The van der Waals surface area contributed by atoms with Gasteiger partial charge in [0.25, 0.3) is 0 Å². The van der Waals surface area contributed by atoms with Crippen molar-refractivity contribution < 1.29 is 12.9 Å². The first-order valence-electron chi connectivity index (χ1n) is 2.07. The summed E-state index contributed by atoms with van der Waals surface area (Å²) in [6.45, 7) is 1.81. The van der Waals surface area contributed by atoms with Crippen LogP contribution in [0, 0.1) is 0 Å². The number of halogens is 1. The van der Waals surface area contributed by atoms with E-state index in [1.807, 2.05) is 6.92 Å². The molecule has 0 amide bonds. The van der Waals surface area contributed by atoms with Crippen molar-refractivity contribution in [1.82, 2.24) is 0 Å². The van der Waals surface area contributed by atoms with Crippen LogP contribution < -0.4 is 0 Å². The van der Waals surface area contributed by atoms with Gasteiger partial charge in [-0.05, 0) is 6.42 Å². The van der Waals surface area contributed by atoms with Crippen molar-refractivity contribution in [3.63, 3.8) is 0 Å². The van der Waals surface area contributed by atoms with Gasteiger partial charge in [0.05, 0.1) is 11.4 Å². The van der Waals surface area contributed by atoms with E-state index in [1.54, 1.807) is 0 Å². The molecule has 0 spiro atoms. The molecule has 0 heterocycles. The van der Waals surface area contributed by atoms with Gasteiger partial charge in [0.1, 0.15) is 5.01 Å². The van der Waals surface area contributed by atoms with E-state index in [0.717, 1.165) is 0 Å². The third-order valence-electron chi connectivity index (χ3n) is 0.504. The average molecular weight is 202 g/mol. The first-order chi connectivity index (χ1) is 3.66. The number of hydrogen-bond acceptors (Lipinski definition) is 3. The van der Waals surface area contributed by atoms with Crippen LogP contribution in [-0.4, -0.2) is 13.8 Å². The maximum Gasteiger partial charge on any atom is 0.128 e. The molecular weight excluding hydrogens is 196 g/mol. The Morgan fingerprint density at radius 1 is 2.00 bits per heavy atom. The van der Waals surface area contributed by atoms with Crippen LogP contribution in [0.2, 0.25) is 0 Å². The second kappa shape index (κ2) is 4.43. The lowest BCUT2D eigenvalue weighted by atomic mass is 10.5. The van der Waals surface area contributed by atoms with Crippen LogP contribution in [0.1, 0.15) is 13.3 Å². The Morgan fingerprint density at radius 2 is 2.50 bits per heavy atom. The van der Waals surface area contributed by atoms with Crippen LogP contribution in [-0.2, 0) is 15.5 Å². The van der Waals surface area contributed by atoms with Gasteiger partial charge in [-0.25, -0.2) is 4.21 Å². The van der Waals surface area contributed by atoms with Crippen molar-refractivity contribution in [2.24, 2.45) is 0 Å². The van der Waals surface area contributed by atoms with Crippen molar-refractivity contribution in [3.05, 3.63) is 0 Å². The zero-order chi connectivity index (χ0) is 6.57. The van der Waals surface area contributed by atoms with Gasteiger partial charge in [0, 0.05) is 0 Å². The van der Waals surface area contributed by atoms with E-state index in [-0.39, 0.29) is 5.01 Å². The summed E-state index contributed by atoms with van der Waals surface area (Å²) >= 11 is 0.570. The van der Waals surface area contributed by atoms with Crippen molar-refractivity contribution in [2.45, 2.75) is 18.4 Å². The van der Waals surface area contributed by atoms with Crippen LogP contribution in [0.5, 0.6) is 0 Å². The first kappa shape index (κ1) is 8.55. The molecule has 8 heavy (non-hydrogen) atoms. The van der Waals surface area contributed by atoms with E-state index in [9.17, 15) is 8.76 Å². The van der Waals surface area contributed by atoms with E-state index < -0.39 is 11.4 Å². The molecule has 2 unspecified atom stereocenters. The fourth-order valence-corrected chi connectivity index (χ4v) is 0.834. The summed E-state index contributed by atoms with van der Waals surface area (Å²) < 4.78 is 23.7. The predicted molar refractivity (Wildman–Crippen MR) is 33.0 cm³/mol. The van der Waals surface area contributed by atoms with E-state index >= 15 is 0 Å². The molecule has 0 saturated heterocycles. The SMILES string of the molecule is CCC(Br)OS(=O)[O-]. The highest BCUT2D eigenvalue weighted by Crippen LogP contribution is 2.06. The standard InChI is InChI=1S/C3H7BrO3S/c1-2-3(4)7-8(5)6/h3H,2H2,1H3,(H,5,6)/p-1. The number of rotatable bonds is 3. The zero-order valence-corrected chi connectivity index (χ0v) is 6.70. The van der Waals surface area contributed by atoms with Gasteiger partial charge < -0.3 is 4.55 Å². The summed E-state index contributed by atoms with van der Waals surface area (Å²) in [6.07, 6.45) is 0.633. The average Bonchev–Trinajstić information content (AvgIpc) is 1.65. The number of alkyl halides is 1. The largest absolute Gasteiger partial charge is 0.750 e. The molecule has 0 saturated carbocycles. The molecule has 2 atom stereocenters. The maximum absolute atomic E-state index is 9.72. The highest BCUT2D eigenvalue weighted by atomic mass is 79.9. The monoisotopic (exact) mass is 201 g/mol. The second-order valence-electron chi connectivity index (χ2n) is 1.12. The number of hydrogen-bond donors (Lipinski definition) is 0. The smallest absolute Gasteiger partial charge is 0.128 e. The van der Waals surface area contributed by atoms with Crippen LogP contribution in [0.3, 0.4) is 0 Å². The Balaban J connectivity index is 3.24. The van der Waals surface area contributed by atoms with Crippen LogP contribution in [0.4, 0.5) is 0 Å². The molecule has 0 aliphatic rings. The molecule has 0 aromatic rings. The Labute approximate surface area is 59.0 Å². The van der Waals surface area contributed by atoms with Crippen molar-refractivity contribution in [3.8, 4) is 0 Å². The fourth-order valence-electron chi connectivity index (χ4n) is 0.153. The first-order valence-corrected chi connectivity index (χ1v) is 3.98. The van der Waals surface area contributed by atoms with Gasteiger partial charge in [-0.15, -0.1) is 0 Å². The summed E-state index contributed by atoms with van der Waals surface area (Å²) in [5.41, 5.74) is 0. The van der Waals surface area contributed by atoms with Crippen LogP contribution >= 0.6 is 15.9 Å². The molecule has 5 heteroatoms. The zero-order valence-electron chi connectivity index (χ0n) is 4.30. The maximum atomic E-state index is 9.72. The minimum atomic E-state index is -2.39. The molecule has 3 nitrogen and oxygen atoms in total. The second-order valence-corrected chi connectivity index (χ2v) is 2.74. The highest BCUT2D eigenvalue weighted by Gasteiger charge is 1.97. The molecule has 0 aromatic heterocycles. The lowest BCUT2D eigenvalue weighted by Gasteiger charge is -2.08. The van der Waals surface area contributed by atoms with E-state index in [2.05, 4.69) is 20.1 Å². The van der Waals surface area contributed by atoms with Crippen LogP contribution in [0.25, 0.3) is 0 Å². The molecule has 0 aliphatic carbocycles. The quantitative estimate of drug-likeness (QED) is 0.505. The lowest BCUT2D eigenvalue weighted by Crippen LogP contribution is -2.04. The molecule has 0 fully saturated rings. The summed E-state index contributed by atoms with van der Waals surface area (Å²) in [5, 5.41) is -0.374. The molecular formula is C3H6BrO3S-. The van der Waals surface area contributed by atoms with Gasteiger partial charge in [0.15, 0.2) is 0 Å². The van der Waals surface area contributed by atoms with Crippen LogP contribution in [0.15, 0.2) is 0 Å². The molecule has 0 radical (unpaired) electrons. The van der Waals surface area contributed by atoms with Crippen molar-refractivity contribution >= 4 is 27.3 Å². The molecule has 50 valence electrons. The molecule has 0 N–H and O–H groups in total. The Kier molecular flexibility index (Phi) is 4.74. The fraction of sp³-hybridized carbons (Fsp3) is 1.00. The minimum Gasteiger partial charge on any atom is -0.750 e. The highest BCUT2D eigenvalue weighted by molar-refractivity contribution is 9.09. The lowest BCUT2D eigenvalue weighted by molar-refractivity contribution is 0.278. The summed E-state index contributed by atoms with van der Waals surface area (Å²) in [4.78, 5) is 0. The van der Waals surface area contributed by atoms with E-state index in [0.29, 0.717) is 6.42 Å². The Bertz CT molecular complexity index is 86.6.